The third-order valence-corrected chi connectivity index (χ3v) is 6.37. The van der Waals surface area contributed by atoms with E-state index in [2.05, 4.69) is 0 Å². The van der Waals surface area contributed by atoms with Gasteiger partial charge in [0.1, 0.15) is 5.75 Å². The minimum Gasteiger partial charge on any atom is -0.493 e. The summed E-state index contributed by atoms with van der Waals surface area (Å²) in [5.74, 6) is 0.813. The van der Waals surface area contributed by atoms with Crippen molar-refractivity contribution in [2.75, 3.05) is 26.2 Å². The van der Waals surface area contributed by atoms with Gasteiger partial charge in [0.2, 0.25) is 10.0 Å². The number of hydrogen-bond acceptors (Lipinski definition) is 4. The largest absolute Gasteiger partial charge is 0.493 e. The predicted octanol–water partition coefficient (Wildman–Crippen LogP) is 1.79. The highest BCUT2D eigenvalue weighted by atomic mass is 35.5. The van der Waals surface area contributed by atoms with Gasteiger partial charge in [0.25, 0.3) is 0 Å². The molecule has 124 valence electrons. The Morgan fingerprint density at radius 1 is 1.41 bits per heavy atom. The van der Waals surface area contributed by atoms with Crippen LogP contribution in [-0.2, 0) is 16.4 Å². The van der Waals surface area contributed by atoms with Crippen LogP contribution in [0.2, 0.25) is 0 Å². The first-order valence-electron chi connectivity index (χ1n) is 7.41. The van der Waals surface area contributed by atoms with Crippen molar-refractivity contribution in [1.82, 2.24) is 4.31 Å². The van der Waals surface area contributed by atoms with Crippen LogP contribution in [0, 0.1) is 5.41 Å². The number of benzene rings is 1. The van der Waals surface area contributed by atoms with Gasteiger partial charge in [-0.2, -0.15) is 4.31 Å². The van der Waals surface area contributed by atoms with Crippen molar-refractivity contribution in [3.63, 3.8) is 0 Å². The fraction of sp³-hybridized carbons (Fsp3) is 0.600. The molecule has 0 bridgehead atoms. The summed E-state index contributed by atoms with van der Waals surface area (Å²) in [6, 6.07) is 5.19. The Balaban J connectivity index is 0.00000176. The maximum absolute atomic E-state index is 12.8. The molecule has 0 saturated carbocycles. The monoisotopic (exact) mass is 346 g/mol. The Morgan fingerprint density at radius 3 is 2.86 bits per heavy atom. The van der Waals surface area contributed by atoms with Crippen LogP contribution in [0.4, 0.5) is 0 Å². The number of rotatable bonds is 3. The van der Waals surface area contributed by atoms with E-state index in [0.29, 0.717) is 31.1 Å². The Bertz CT molecular complexity index is 650. The van der Waals surface area contributed by atoms with Crippen LogP contribution in [0.5, 0.6) is 5.75 Å². The average Bonchev–Trinajstić information content (AvgIpc) is 2.91. The molecule has 2 heterocycles. The van der Waals surface area contributed by atoms with Crippen molar-refractivity contribution < 1.29 is 13.2 Å². The number of nitrogens with zero attached hydrogens (tertiary/aromatic N) is 1. The van der Waals surface area contributed by atoms with Gasteiger partial charge in [-0.05, 0) is 55.0 Å². The van der Waals surface area contributed by atoms with Gasteiger partial charge in [0, 0.05) is 13.1 Å². The molecule has 0 aliphatic carbocycles. The molecule has 0 aromatic heterocycles. The van der Waals surface area contributed by atoms with Crippen molar-refractivity contribution in [2.45, 2.75) is 31.1 Å². The number of nitrogens with two attached hydrogens (primary N) is 1. The van der Waals surface area contributed by atoms with Gasteiger partial charge in [-0.1, -0.05) is 6.92 Å². The second-order valence-corrected chi connectivity index (χ2v) is 8.26. The zero-order valence-corrected chi connectivity index (χ0v) is 14.4. The van der Waals surface area contributed by atoms with Gasteiger partial charge in [-0.15, -0.1) is 12.4 Å². The minimum absolute atomic E-state index is 0. The lowest BCUT2D eigenvalue weighted by Gasteiger charge is -2.23. The number of hydrogen-bond donors (Lipinski definition) is 1. The summed E-state index contributed by atoms with van der Waals surface area (Å²) in [4.78, 5) is 0.369. The number of sulfonamides is 1. The average molecular weight is 347 g/mol. The first-order valence-corrected chi connectivity index (χ1v) is 8.85. The topological polar surface area (TPSA) is 72.6 Å². The van der Waals surface area contributed by atoms with Crippen molar-refractivity contribution in [2.24, 2.45) is 11.1 Å². The molecule has 3 rings (SSSR count). The molecule has 0 amide bonds. The van der Waals surface area contributed by atoms with E-state index in [0.717, 1.165) is 30.6 Å². The highest BCUT2D eigenvalue weighted by Gasteiger charge is 2.39. The van der Waals surface area contributed by atoms with Gasteiger partial charge in [0.15, 0.2) is 0 Å². The zero-order valence-electron chi connectivity index (χ0n) is 12.7. The number of aryl methyl sites for hydroxylation is 1. The molecule has 2 aliphatic rings. The molecule has 1 unspecified atom stereocenters. The van der Waals surface area contributed by atoms with E-state index in [9.17, 15) is 8.42 Å². The quantitative estimate of drug-likeness (QED) is 0.905. The highest BCUT2D eigenvalue weighted by molar-refractivity contribution is 7.89. The summed E-state index contributed by atoms with van der Waals surface area (Å²) in [6.07, 6.45) is 2.63. The van der Waals surface area contributed by atoms with Crippen molar-refractivity contribution in [3.05, 3.63) is 23.8 Å². The minimum atomic E-state index is -3.43. The molecular formula is C15H23ClN2O3S. The molecule has 0 radical (unpaired) electrons. The first-order chi connectivity index (χ1) is 9.94. The summed E-state index contributed by atoms with van der Waals surface area (Å²) in [6.45, 7) is 4.31. The Morgan fingerprint density at radius 2 is 2.18 bits per heavy atom. The zero-order chi connectivity index (χ0) is 15.1. The summed E-state index contributed by atoms with van der Waals surface area (Å²) < 4.78 is 32.6. The van der Waals surface area contributed by atoms with Gasteiger partial charge in [0.05, 0.1) is 11.5 Å². The normalized spacial score (nSPS) is 25.2. The number of fused-ring (bicyclic) bond motifs is 1. The molecule has 5 nitrogen and oxygen atoms in total. The molecule has 2 aliphatic heterocycles. The fourth-order valence-electron chi connectivity index (χ4n) is 3.00. The molecule has 1 atom stereocenters. The van der Waals surface area contributed by atoms with Crippen molar-refractivity contribution in [1.29, 1.82) is 0 Å². The van der Waals surface area contributed by atoms with Crippen LogP contribution in [0.3, 0.4) is 0 Å². The summed E-state index contributed by atoms with van der Waals surface area (Å²) in [5.41, 5.74) is 6.65. The maximum atomic E-state index is 12.8. The van der Waals surface area contributed by atoms with Crippen LogP contribution in [0.25, 0.3) is 0 Å². The molecule has 1 aromatic carbocycles. The van der Waals surface area contributed by atoms with E-state index in [4.69, 9.17) is 10.5 Å². The highest BCUT2D eigenvalue weighted by Crippen LogP contribution is 2.34. The standard InChI is InChI=1S/C15H22N2O3S.ClH/c1-15(10-16)6-7-17(11-15)21(18,19)13-4-5-14-12(9-13)3-2-8-20-14;/h4-5,9H,2-3,6-8,10-11,16H2,1H3;1H. The van der Waals surface area contributed by atoms with Crippen LogP contribution in [0.15, 0.2) is 23.1 Å². The van der Waals surface area contributed by atoms with Crippen molar-refractivity contribution >= 4 is 22.4 Å². The molecule has 1 saturated heterocycles. The van der Waals surface area contributed by atoms with E-state index >= 15 is 0 Å². The second-order valence-electron chi connectivity index (χ2n) is 6.32. The Labute approximate surface area is 138 Å². The lowest BCUT2D eigenvalue weighted by Crippen LogP contribution is -2.34. The Kier molecular flexibility index (Phi) is 5.06. The first kappa shape index (κ1) is 17.5. The maximum Gasteiger partial charge on any atom is 0.243 e. The van der Waals surface area contributed by atoms with Gasteiger partial charge >= 0.3 is 0 Å². The number of ether oxygens (including phenoxy) is 1. The summed E-state index contributed by atoms with van der Waals surface area (Å²) >= 11 is 0. The molecule has 2 N–H and O–H groups in total. The van der Waals surface area contributed by atoms with Crippen molar-refractivity contribution in [3.8, 4) is 5.75 Å². The van der Waals surface area contributed by atoms with Gasteiger partial charge < -0.3 is 10.5 Å². The van der Waals surface area contributed by atoms with Crippen LogP contribution in [0.1, 0.15) is 25.3 Å². The van der Waals surface area contributed by atoms with Crippen LogP contribution < -0.4 is 10.5 Å². The second kappa shape index (κ2) is 6.35. The Hall–Kier alpha value is -0.820. The van der Waals surface area contributed by atoms with E-state index in [1.807, 2.05) is 6.92 Å². The lowest BCUT2D eigenvalue weighted by atomic mass is 9.90. The molecule has 22 heavy (non-hydrogen) atoms. The predicted molar refractivity (Wildman–Crippen MR) is 88.0 cm³/mol. The molecule has 1 fully saturated rings. The van der Waals surface area contributed by atoms with E-state index in [1.54, 1.807) is 22.5 Å². The molecule has 1 aromatic rings. The smallest absolute Gasteiger partial charge is 0.243 e. The third kappa shape index (κ3) is 3.11. The lowest BCUT2D eigenvalue weighted by molar-refractivity contribution is 0.288. The number of halogens is 1. The molecular weight excluding hydrogens is 324 g/mol. The summed E-state index contributed by atoms with van der Waals surface area (Å²) in [7, 11) is -3.43. The third-order valence-electron chi connectivity index (χ3n) is 4.53. The van der Waals surface area contributed by atoms with E-state index in [-0.39, 0.29) is 17.8 Å². The van der Waals surface area contributed by atoms with Crippen LogP contribution in [-0.4, -0.2) is 39.0 Å². The fourth-order valence-corrected chi connectivity index (χ4v) is 4.64. The van der Waals surface area contributed by atoms with E-state index < -0.39 is 10.0 Å². The SMILES string of the molecule is CC1(CN)CCN(S(=O)(=O)c2ccc3c(c2)CCCO3)C1.Cl. The van der Waals surface area contributed by atoms with E-state index in [1.165, 1.54) is 0 Å². The molecule has 7 heteroatoms. The molecule has 0 spiro atoms. The van der Waals surface area contributed by atoms with Gasteiger partial charge in [-0.3, -0.25) is 0 Å². The summed E-state index contributed by atoms with van der Waals surface area (Å²) in [5, 5.41) is 0. The van der Waals surface area contributed by atoms with Crippen LogP contribution >= 0.6 is 12.4 Å². The van der Waals surface area contributed by atoms with Gasteiger partial charge in [-0.25, -0.2) is 8.42 Å².